The molecule has 0 aliphatic carbocycles. The number of hydrogen-bond acceptors (Lipinski definition) is 5. The Bertz CT molecular complexity index is 1730. The number of carbonyl (C=O) groups excluding carboxylic acids is 2. The maximum absolute atomic E-state index is 14.2. The van der Waals surface area contributed by atoms with Crippen molar-refractivity contribution in [3.8, 4) is 11.8 Å². The smallest absolute Gasteiger partial charge is 0.326 e. The molecule has 3 amide bonds. The fourth-order valence-electron chi connectivity index (χ4n) is 4.93. The van der Waals surface area contributed by atoms with E-state index in [2.05, 4.69) is 15.7 Å². The van der Waals surface area contributed by atoms with Crippen molar-refractivity contribution in [3.63, 3.8) is 0 Å². The first-order valence-corrected chi connectivity index (χ1v) is 12.1. The molecule has 0 saturated carbocycles. The van der Waals surface area contributed by atoms with Crippen LogP contribution in [0.15, 0.2) is 60.9 Å². The van der Waals surface area contributed by atoms with E-state index in [0.717, 1.165) is 0 Å². The Balaban J connectivity index is 1.47. The van der Waals surface area contributed by atoms with Gasteiger partial charge in [0.15, 0.2) is 0 Å². The molecular formula is C27H17ClF2N6O3. The molecule has 2 aliphatic heterocycles. The number of carbonyl (C=O) groups is 2. The van der Waals surface area contributed by atoms with Crippen LogP contribution in [-0.2, 0) is 0 Å². The van der Waals surface area contributed by atoms with Crippen molar-refractivity contribution in [2.24, 2.45) is 0 Å². The molecule has 9 nitrogen and oxygen atoms in total. The number of halogens is 3. The van der Waals surface area contributed by atoms with Gasteiger partial charge >= 0.3 is 6.03 Å². The van der Waals surface area contributed by atoms with E-state index in [9.17, 15) is 28.7 Å². The molecule has 2 atom stereocenters. The second kappa shape index (κ2) is 9.20. The number of anilines is 2. The number of β-amino-alcohol motifs (C(OH)–C–C–N with tert-alkyl or cyclic N) is 1. The Kier molecular flexibility index (Phi) is 5.79. The first-order valence-electron chi connectivity index (χ1n) is 11.7. The number of aliphatic hydroxyl groups is 1. The van der Waals surface area contributed by atoms with Crippen LogP contribution in [0.1, 0.15) is 44.8 Å². The minimum Gasteiger partial charge on any atom is -0.386 e. The summed E-state index contributed by atoms with van der Waals surface area (Å²) in [4.78, 5) is 27.9. The molecule has 0 radical (unpaired) electrons. The Morgan fingerprint density at radius 3 is 2.64 bits per heavy atom. The number of nitrogens with zero attached hydrogens (tertiary/aromatic N) is 4. The molecule has 0 saturated heterocycles. The van der Waals surface area contributed by atoms with Crippen LogP contribution in [0.25, 0.3) is 5.69 Å². The molecule has 0 bridgehead atoms. The first kappa shape index (κ1) is 24.5. The minimum absolute atomic E-state index is 0.118. The number of benzene rings is 3. The van der Waals surface area contributed by atoms with Gasteiger partial charge in [0.05, 0.1) is 47.5 Å². The topological polar surface area (TPSA) is 123 Å². The summed E-state index contributed by atoms with van der Waals surface area (Å²) in [6.07, 6.45) is 1.72. The summed E-state index contributed by atoms with van der Waals surface area (Å²) in [7, 11) is 0. The average Bonchev–Trinajstić information content (AvgIpc) is 3.62. The quantitative estimate of drug-likeness (QED) is 0.347. The number of hydrogen-bond donors (Lipinski definition) is 3. The third-order valence-corrected chi connectivity index (χ3v) is 7.04. The molecule has 0 spiro atoms. The molecule has 0 fully saturated rings. The van der Waals surface area contributed by atoms with Gasteiger partial charge in [-0.05, 0) is 48.5 Å². The van der Waals surface area contributed by atoms with E-state index in [4.69, 9.17) is 11.6 Å². The summed E-state index contributed by atoms with van der Waals surface area (Å²) in [5.74, 6) is -1.59. The zero-order chi connectivity index (χ0) is 27.4. The monoisotopic (exact) mass is 546 g/mol. The Morgan fingerprint density at radius 2 is 1.90 bits per heavy atom. The van der Waals surface area contributed by atoms with E-state index < -0.39 is 35.7 Å². The standard InChI is InChI=1S/C27H17ClF2N6O3/c28-20-3-1-14(29)5-17(20)25-24-19(26(38)34-25)7-16(36-11-13(9-31)10-32-36)8-21(24)33-27(39)35-12-23(37)18-6-15(30)2-4-22(18)35/h1-8,10-11,23,25,37H,12H2,(H,33,39)(H,34,38)/t23-,25-/m1/s1. The Morgan fingerprint density at radius 1 is 1.15 bits per heavy atom. The maximum atomic E-state index is 14.2. The SMILES string of the molecule is N#Cc1cnn(-c2cc(NC(=O)N3C[C@@H](O)c4cc(F)ccc43)c3c(c2)C(=O)N[C@@H]3c2cc(F)ccc2Cl)c1. The molecule has 0 unspecified atom stereocenters. The van der Waals surface area contributed by atoms with E-state index >= 15 is 0 Å². The fourth-order valence-corrected chi connectivity index (χ4v) is 5.15. The molecule has 1 aromatic heterocycles. The van der Waals surface area contributed by atoms with Gasteiger partial charge < -0.3 is 15.7 Å². The van der Waals surface area contributed by atoms with E-state index in [1.54, 1.807) is 12.1 Å². The van der Waals surface area contributed by atoms with Crippen molar-refractivity contribution in [3.05, 3.63) is 105 Å². The fraction of sp³-hybridized carbons (Fsp3) is 0.111. The summed E-state index contributed by atoms with van der Waals surface area (Å²) in [6, 6.07) is 11.1. The van der Waals surface area contributed by atoms with Crippen LogP contribution in [0.2, 0.25) is 5.02 Å². The van der Waals surface area contributed by atoms with Crippen LogP contribution in [0, 0.1) is 23.0 Å². The van der Waals surface area contributed by atoms with Gasteiger partial charge in [0, 0.05) is 33.5 Å². The van der Waals surface area contributed by atoms with Crippen molar-refractivity contribution < 1.29 is 23.5 Å². The number of nitrogens with one attached hydrogen (secondary N) is 2. The first-order chi connectivity index (χ1) is 18.7. The summed E-state index contributed by atoms with van der Waals surface area (Å²) >= 11 is 6.37. The van der Waals surface area contributed by atoms with Crippen LogP contribution >= 0.6 is 11.6 Å². The van der Waals surface area contributed by atoms with Crippen molar-refractivity contribution in [1.82, 2.24) is 15.1 Å². The number of urea groups is 1. The number of rotatable bonds is 3. The molecule has 3 heterocycles. The summed E-state index contributed by atoms with van der Waals surface area (Å²) in [6.45, 7) is -0.118. The number of fused-ring (bicyclic) bond motifs is 2. The molecule has 3 N–H and O–H groups in total. The molecule has 4 aromatic rings. The maximum Gasteiger partial charge on any atom is 0.326 e. The number of amides is 3. The van der Waals surface area contributed by atoms with Crippen molar-refractivity contribution in [2.75, 3.05) is 16.8 Å². The molecule has 3 aromatic carbocycles. The van der Waals surface area contributed by atoms with Crippen molar-refractivity contribution in [2.45, 2.75) is 12.1 Å². The van der Waals surface area contributed by atoms with E-state index in [1.165, 1.54) is 58.4 Å². The molecule has 6 rings (SSSR count). The largest absolute Gasteiger partial charge is 0.386 e. The highest BCUT2D eigenvalue weighted by Gasteiger charge is 2.37. The lowest BCUT2D eigenvalue weighted by atomic mass is 9.95. The van der Waals surface area contributed by atoms with Crippen LogP contribution in [0.4, 0.5) is 25.0 Å². The molecule has 12 heteroatoms. The van der Waals surface area contributed by atoms with Crippen molar-refractivity contribution in [1.29, 1.82) is 5.26 Å². The second-order valence-electron chi connectivity index (χ2n) is 9.07. The van der Waals surface area contributed by atoms with Crippen LogP contribution in [-0.4, -0.2) is 33.4 Å². The van der Waals surface area contributed by atoms with Gasteiger partial charge in [0.1, 0.15) is 17.7 Å². The van der Waals surface area contributed by atoms with Gasteiger partial charge in [-0.15, -0.1) is 0 Å². The molecule has 194 valence electrons. The summed E-state index contributed by atoms with van der Waals surface area (Å²) in [5, 5.41) is 29.6. The normalized spacial score (nSPS) is 17.4. The molecular weight excluding hydrogens is 530 g/mol. The van der Waals surface area contributed by atoms with Gasteiger partial charge in [-0.3, -0.25) is 9.69 Å². The predicted octanol–water partition coefficient (Wildman–Crippen LogP) is 4.59. The molecule has 39 heavy (non-hydrogen) atoms. The Labute approximate surface area is 224 Å². The summed E-state index contributed by atoms with van der Waals surface area (Å²) < 4.78 is 29.3. The third-order valence-electron chi connectivity index (χ3n) is 6.70. The molecule has 2 aliphatic rings. The average molecular weight is 547 g/mol. The van der Waals surface area contributed by atoms with Crippen LogP contribution in [0.5, 0.6) is 0 Å². The Hall–Kier alpha value is -4.79. The van der Waals surface area contributed by atoms with Gasteiger partial charge in [0.25, 0.3) is 5.91 Å². The van der Waals surface area contributed by atoms with Gasteiger partial charge in [-0.2, -0.15) is 10.4 Å². The highest BCUT2D eigenvalue weighted by molar-refractivity contribution is 6.31. The predicted molar refractivity (Wildman–Crippen MR) is 137 cm³/mol. The van der Waals surface area contributed by atoms with E-state index in [-0.39, 0.29) is 39.5 Å². The highest BCUT2D eigenvalue weighted by atomic mass is 35.5. The zero-order valence-electron chi connectivity index (χ0n) is 19.8. The lowest BCUT2D eigenvalue weighted by Crippen LogP contribution is -2.34. The van der Waals surface area contributed by atoms with E-state index in [1.807, 2.05) is 6.07 Å². The highest BCUT2D eigenvalue weighted by Crippen LogP contribution is 2.41. The van der Waals surface area contributed by atoms with Crippen LogP contribution in [0.3, 0.4) is 0 Å². The number of aliphatic hydroxyl groups excluding tert-OH is 1. The number of aromatic nitrogens is 2. The third kappa shape index (κ3) is 4.16. The minimum atomic E-state index is -1.09. The lowest BCUT2D eigenvalue weighted by molar-refractivity contribution is 0.0960. The lowest BCUT2D eigenvalue weighted by Gasteiger charge is -2.22. The zero-order valence-corrected chi connectivity index (χ0v) is 20.6. The van der Waals surface area contributed by atoms with Gasteiger partial charge in [-0.25, -0.2) is 18.3 Å². The second-order valence-corrected chi connectivity index (χ2v) is 9.48. The number of nitriles is 1. The van der Waals surface area contributed by atoms with Crippen LogP contribution < -0.4 is 15.5 Å². The van der Waals surface area contributed by atoms with Gasteiger partial charge in [0.2, 0.25) is 0 Å². The van der Waals surface area contributed by atoms with E-state index in [0.29, 0.717) is 16.9 Å². The summed E-state index contributed by atoms with van der Waals surface area (Å²) in [5.41, 5.74) is 2.26. The van der Waals surface area contributed by atoms with Gasteiger partial charge in [-0.1, -0.05) is 11.6 Å². The van der Waals surface area contributed by atoms with Crippen molar-refractivity contribution >= 4 is 34.9 Å².